The first-order valence-electron chi connectivity index (χ1n) is 5.74. The van der Waals surface area contributed by atoms with Crippen molar-refractivity contribution >= 4 is 0 Å². The molecule has 0 saturated carbocycles. The van der Waals surface area contributed by atoms with E-state index in [4.69, 9.17) is 0 Å². The fourth-order valence-electron chi connectivity index (χ4n) is 1.86. The fourth-order valence-corrected chi connectivity index (χ4v) is 1.86. The second-order valence-corrected chi connectivity index (χ2v) is 4.69. The summed E-state index contributed by atoms with van der Waals surface area (Å²) in [5, 5.41) is 13.6. The fraction of sp³-hybridized carbons (Fsp3) is 1.00. The predicted molar refractivity (Wildman–Crippen MR) is 59.4 cm³/mol. The number of nitrogens with zero attached hydrogens (tertiary/aromatic N) is 1. The number of hydrogen-bond donors (Lipinski definition) is 2. The SMILES string of the molecule is CCN1CCC(O)(CNC(C)C)CC1. The van der Waals surface area contributed by atoms with Gasteiger partial charge in [0.25, 0.3) is 0 Å². The van der Waals surface area contributed by atoms with Crippen molar-refractivity contribution in [3.8, 4) is 0 Å². The number of likely N-dealkylation sites (tertiary alicyclic amines) is 1. The van der Waals surface area contributed by atoms with E-state index < -0.39 is 5.60 Å². The zero-order valence-corrected chi connectivity index (χ0v) is 9.71. The topological polar surface area (TPSA) is 35.5 Å². The first-order valence-corrected chi connectivity index (χ1v) is 5.74. The highest BCUT2D eigenvalue weighted by Gasteiger charge is 2.31. The minimum atomic E-state index is -0.462. The summed E-state index contributed by atoms with van der Waals surface area (Å²) in [4.78, 5) is 2.39. The zero-order valence-electron chi connectivity index (χ0n) is 9.71. The number of hydrogen-bond acceptors (Lipinski definition) is 3. The van der Waals surface area contributed by atoms with Crippen molar-refractivity contribution in [1.29, 1.82) is 0 Å². The zero-order chi connectivity index (χ0) is 10.6. The number of rotatable bonds is 4. The second-order valence-electron chi connectivity index (χ2n) is 4.69. The molecule has 0 aromatic carbocycles. The maximum atomic E-state index is 10.2. The number of aliphatic hydroxyl groups is 1. The molecule has 0 aromatic rings. The molecule has 1 rings (SSSR count). The molecule has 1 aliphatic heterocycles. The standard InChI is InChI=1S/C11H24N2O/c1-4-13-7-5-11(14,6-8-13)9-12-10(2)3/h10,12,14H,4-9H2,1-3H3. The van der Waals surface area contributed by atoms with Gasteiger partial charge in [0, 0.05) is 25.7 Å². The summed E-state index contributed by atoms with van der Waals surface area (Å²) in [6.45, 7) is 10.3. The predicted octanol–water partition coefficient (Wildman–Crippen LogP) is 0.831. The van der Waals surface area contributed by atoms with E-state index in [1.165, 1.54) is 0 Å². The molecule has 0 aromatic heterocycles. The molecule has 0 atom stereocenters. The van der Waals surface area contributed by atoms with E-state index in [0.29, 0.717) is 6.04 Å². The highest BCUT2D eigenvalue weighted by atomic mass is 16.3. The maximum absolute atomic E-state index is 10.2. The van der Waals surface area contributed by atoms with Crippen LogP contribution in [0.1, 0.15) is 33.6 Å². The van der Waals surface area contributed by atoms with Crippen LogP contribution in [-0.2, 0) is 0 Å². The van der Waals surface area contributed by atoms with Crippen molar-refractivity contribution in [2.45, 2.75) is 45.3 Å². The van der Waals surface area contributed by atoms with Crippen LogP contribution in [0.25, 0.3) is 0 Å². The normalized spacial score (nSPS) is 22.9. The van der Waals surface area contributed by atoms with Crippen molar-refractivity contribution < 1.29 is 5.11 Å². The van der Waals surface area contributed by atoms with Crippen molar-refractivity contribution in [2.75, 3.05) is 26.2 Å². The van der Waals surface area contributed by atoms with E-state index in [1.807, 2.05) is 0 Å². The third-order valence-electron chi connectivity index (χ3n) is 3.07. The molecule has 2 N–H and O–H groups in total. The minimum absolute atomic E-state index is 0.461. The van der Waals surface area contributed by atoms with E-state index in [-0.39, 0.29) is 0 Å². The Bertz CT molecular complexity index is 163. The molecule has 1 aliphatic rings. The van der Waals surface area contributed by atoms with Crippen LogP contribution in [0.15, 0.2) is 0 Å². The van der Waals surface area contributed by atoms with Crippen LogP contribution in [0.2, 0.25) is 0 Å². The lowest BCUT2D eigenvalue weighted by atomic mass is 9.91. The molecule has 0 radical (unpaired) electrons. The average molecular weight is 200 g/mol. The van der Waals surface area contributed by atoms with Gasteiger partial charge in [0.15, 0.2) is 0 Å². The van der Waals surface area contributed by atoms with Gasteiger partial charge in [-0.3, -0.25) is 0 Å². The van der Waals surface area contributed by atoms with E-state index >= 15 is 0 Å². The maximum Gasteiger partial charge on any atom is 0.0796 e. The van der Waals surface area contributed by atoms with Gasteiger partial charge in [0.2, 0.25) is 0 Å². The largest absolute Gasteiger partial charge is 0.388 e. The average Bonchev–Trinajstić information content (AvgIpc) is 2.16. The second kappa shape index (κ2) is 5.10. The molecule has 0 unspecified atom stereocenters. The molecule has 14 heavy (non-hydrogen) atoms. The monoisotopic (exact) mass is 200 g/mol. The van der Waals surface area contributed by atoms with E-state index in [2.05, 4.69) is 31.0 Å². The van der Waals surface area contributed by atoms with E-state index in [0.717, 1.165) is 39.0 Å². The first kappa shape index (κ1) is 12.0. The van der Waals surface area contributed by atoms with E-state index in [9.17, 15) is 5.11 Å². The lowest BCUT2D eigenvalue weighted by molar-refractivity contribution is -0.0198. The van der Waals surface area contributed by atoms with Crippen LogP contribution < -0.4 is 5.32 Å². The van der Waals surface area contributed by atoms with Crippen molar-refractivity contribution in [3.05, 3.63) is 0 Å². The molecule has 1 heterocycles. The van der Waals surface area contributed by atoms with E-state index in [1.54, 1.807) is 0 Å². The summed E-state index contributed by atoms with van der Waals surface area (Å²) >= 11 is 0. The molecule has 1 fully saturated rings. The van der Waals surface area contributed by atoms with Gasteiger partial charge in [0.05, 0.1) is 5.60 Å². The summed E-state index contributed by atoms with van der Waals surface area (Å²) in [7, 11) is 0. The number of nitrogens with one attached hydrogen (secondary N) is 1. The van der Waals surface area contributed by atoms with Crippen LogP contribution in [0.5, 0.6) is 0 Å². The molecular weight excluding hydrogens is 176 g/mol. The molecule has 1 saturated heterocycles. The van der Waals surface area contributed by atoms with Crippen molar-refractivity contribution in [2.24, 2.45) is 0 Å². The molecule has 0 aliphatic carbocycles. The quantitative estimate of drug-likeness (QED) is 0.705. The van der Waals surface area contributed by atoms with Crippen LogP contribution >= 0.6 is 0 Å². The molecule has 0 spiro atoms. The van der Waals surface area contributed by atoms with Crippen LogP contribution in [0.3, 0.4) is 0 Å². The first-order chi connectivity index (χ1) is 6.56. The third-order valence-corrected chi connectivity index (χ3v) is 3.07. The van der Waals surface area contributed by atoms with Gasteiger partial charge < -0.3 is 15.3 Å². The molecule has 0 amide bonds. The third kappa shape index (κ3) is 3.56. The summed E-state index contributed by atoms with van der Waals surface area (Å²) in [6.07, 6.45) is 1.81. The van der Waals surface area contributed by atoms with Crippen LogP contribution in [0, 0.1) is 0 Å². The Hall–Kier alpha value is -0.120. The molecule has 3 nitrogen and oxygen atoms in total. The highest BCUT2D eigenvalue weighted by molar-refractivity contribution is 4.87. The molecule has 84 valence electrons. The van der Waals surface area contributed by atoms with Crippen LogP contribution in [0.4, 0.5) is 0 Å². The van der Waals surface area contributed by atoms with Crippen molar-refractivity contribution in [3.63, 3.8) is 0 Å². The lowest BCUT2D eigenvalue weighted by Crippen LogP contribution is -2.50. The summed E-state index contributed by atoms with van der Waals surface area (Å²) in [5.74, 6) is 0. The summed E-state index contributed by atoms with van der Waals surface area (Å²) in [5.41, 5.74) is -0.462. The lowest BCUT2D eigenvalue weighted by Gasteiger charge is -2.38. The number of piperidine rings is 1. The highest BCUT2D eigenvalue weighted by Crippen LogP contribution is 2.21. The smallest absolute Gasteiger partial charge is 0.0796 e. The Kier molecular flexibility index (Phi) is 4.35. The Morgan fingerprint density at radius 2 is 1.93 bits per heavy atom. The van der Waals surface area contributed by atoms with Crippen molar-refractivity contribution in [1.82, 2.24) is 10.2 Å². The minimum Gasteiger partial charge on any atom is -0.388 e. The van der Waals surface area contributed by atoms with Gasteiger partial charge in [-0.1, -0.05) is 20.8 Å². The van der Waals surface area contributed by atoms with Gasteiger partial charge in [-0.25, -0.2) is 0 Å². The summed E-state index contributed by atoms with van der Waals surface area (Å²) < 4.78 is 0. The molecule has 3 heteroatoms. The molecule has 0 bridgehead atoms. The Labute approximate surface area is 87.5 Å². The Balaban J connectivity index is 2.30. The Morgan fingerprint density at radius 1 is 1.36 bits per heavy atom. The summed E-state index contributed by atoms with van der Waals surface area (Å²) in [6, 6.07) is 0.461. The van der Waals surface area contributed by atoms with Gasteiger partial charge in [-0.15, -0.1) is 0 Å². The van der Waals surface area contributed by atoms with Crippen LogP contribution in [-0.4, -0.2) is 47.8 Å². The Morgan fingerprint density at radius 3 is 2.36 bits per heavy atom. The van der Waals surface area contributed by atoms with Gasteiger partial charge in [-0.05, 0) is 19.4 Å². The molecular formula is C11H24N2O. The van der Waals surface area contributed by atoms with Gasteiger partial charge in [0.1, 0.15) is 0 Å². The van der Waals surface area contributed by atoms with Gasteiger partial charge >= 0.3 is 0 Å². The van der Waals surface area contributed by atoms with Gasteiger partial charge in [-0.2, -0.15) is 0 Å².